The number of rotatable bonds is 7. The van der Waals surface area contributed by atoms with Crippen LogP contribution in [0.4, 0.5) is 4.79 Å². The molecule has 5 nitrogen and oxygen atoms in total. The Kier molecular flexibility index (Phi) is 6.62. The topological polar surface area (TPSA) is 75.3 Å². The van der Waals surface area contributed by atoms with Crippen molar-refractivity contribution in [3.05, 3.63) is 35.9 Å². The average Bonchev–Trinajstić information content (AvgIpc) is 2.45. The molecular weight excluding hydrogens is 312 g/mol. The van der Waals surface area contributed by atoms with E-state index in [-0.39, 0.29) is 29.3 Å². The van der Waals surface area contributed by atoms with Crippen molar-refractivity contribution in [2.24, 2.45) is 0 Å². The molecule has 1 rings (SSSR count). The van der Waals surface area contributed by atoms with Gasteiger partial charge in [-0.25, -0.2) is 13.2 Å². The minimum atomic E-state index is -3.01. The van der Waals surface area contributed by atoms with Gasteiger partial charge in [0.2, 0.25) is 0 Å². The predicted molar refractivity (Wildman–Crippen MR) is 94.4 cm³/mol. The van der Waals surface area contributed by atoms with E-state index in [1.165, 1.54) is 6.26 Å². The van der Waals surface area contributed by atoms with Gasteiger partial charge in [-0.15, -0.1) is 0 Å². The maximum absolute atomic E-state index is 12.1. The first kappa shape index (κ1) is 19.5. The molecule has 0 spiro atoms. The summed E-state index contributed by atoms with van der Waals surface area (Å²) >= 11 is 0. The lowest BCUT2D eigenvalue weighted by Crippen LogP contribution is -2.51. The summed E-state index contributed by atoms with van der Waals surface area (Å²) in [6.07, 6.45) is 1.60. The molecular formula is C17H28N2O3S. The second kappa shape index (κ2) is 7.81. The molecule has 0 aliphatic carbocycles. The van der Waals surface area contributed by atoms with Crippen LogP contribution in [0.15, 0.2) is 30.3 Å². The van der Waals surface area contributed by atoms with E-state index >= 15 is 0 Å². The fourth-order valence-electron chi connectivity index (χ4n) is 2.22. The molecule has 130 valence electrons. The highest BCUT2D eigenvalue weighted by Crippen LogP contribution is 2.26. The van der Waals surface area contributed by atoms with Gasteiger partial charge in [-0.3, -0.25) is 0 Å². The molecule has 0 saturated carbocycles. The Hall–Kier alpha value is -1.56. The van der Waals surface area contributed by atoms with Crippen molar-refractivity contribution in [1.29, 1.82) is 0 Å². The van der Waals surface area contributed by atoms with Crippen molar-refractivity contribution in [1.82, 2.24) is 10.6 Å². The Labute approximate surface area is 139 Å². The third-order valence-electron chi connectivity index (χ3n) is 4.25. The first-order valence-electron chi connectivity index (χ1n) is 7.82. The van der Waals surface area contributed by atoms with Crippen LogP contribution in [0.25, 0.3) is 0 Å². The van der Waals surface area contributed by atoms with Crippen molar-refractivity contribution in [3.8, 4) is 0 Å². The van der Waals surface area contributed by atoms with E-state index in [0.29, 0.717) is 6.42 Å². The molecule has 0 radical (unpaired) electrons. The highest BCUT2D eigenvalue weighted by Gasteiger charge is 2.29. The van der Waals surface area contributed by atoms with Gasteiger partial charge in [0.05, 0.1) is 5.75 Å². The molecule has 0 bridgehead atoms. The third kappa shape index (κ3) is 6.60. The summed E-state index contributed by atoms with van der Waals surface area (Å²) in [5.74, 6) is 0.0690. The Bertz CT molecular complexity index is 612. The van der Waals surface area contributed by atoms with Gasteiger partial charge in [0, 0.05) is 23.8 Å². The standard InChI is InChI=1S/C17H28N2O3S/c1-13(11-12-23(5,21)22)18-16(20)19-14(2)17(3,4)15-9-7-6-8-10-15/h6-10,13-14H,11-12H2,1-5H3,(H2,18,19,20)/t13-,14-/m0/s1. The van der Waals surface area contributed by atoms with Gasteiger partial charge in [0.25, 0.3) is 0 Å². The van der Waals surface area contributed by atoms with Gasteiger partial charge in [-0.1, -0.05) is 44.2 Å². The van der Waals surface area contributed by atoms with Gasteiger partial charge >= 0.3 is 6.03 Å². The number of hydrogen-bond acceptors (Lipinski definition) is 3. The summed E-state index contributed by atoms with van der Waals surface area (Å²) in [6.45, 7) is 7.94. The van der Waals surface area contributed by atoms with Gasteiger partial charge in [0.15, 0.2) is 0 Å². The second-order valence-electron chi connectivity index (χ2n) is 6.75. The molecule has 0 aliphatic heterocycles. The van der Waals surface area contributed by atoms with Gasteiger partial charge in [-0.05, 0) is 25.8 Å². The zero-order valence-corrected chi connectivity index (χ0v) is 15.4. The summed E-state index contributed by atoms with van der Waals surface area (Å²) < 4.78 is 22.3. The Balaban J connectivity index is 2.56. The number of carbonyl (C=O) groups excluding carboxylic acids is 1. The number of hydrogen-bond donors (Lipinski definition) is 2. The van der Waals surface area contributed by atoms with Crippen molar-refractivity contribution in [2.75, 3.05) is 12.0 Å². The maximum Gasteiger partial charge on any atom is 0.315 e. The Morgan fingerprint density at radius 3 is 2.22 bits per heavy atom. The van der Waals surface area contributed by atoms with E-state index in [9.17, 15) is 13.2 Å². The predicted octanol–water partition coefficient (Wildman–Crippen LogP) is 2.48. The first-order valence-corrected chi connectivity index (χ1v) is 9.88. The van der Waals surface area contributed by atoms with Crippen LogP contribution >= 0.6 is 0 Å². The molecule has 23 heavy (non-hydrogen) atoms. The summed E-state index contributed by atoms with van der Waals surface area (Å²) in [4.78, 5) is 12.1. The highest BCUT2D eigenvalue weighted by molar-refractivity contribution is 7.90. The second-order valence-corrected chi connectivity index (χ2v) is 9.01. The molecule has 6 heteroatoms. The number of nitrogens with one attached hydrogen (secondary N) is 2. The molecule has 0 unspecified atom stereocenters. The molecule has 1 aromatic carbocycles. The van der Waals surface area contributed by atoms with Crippen LogP contribution in [0.5, 0.6) is 0 Å². The van der Waals surface area contributed by atoms with E-state index in [0.717, 1.165) is 5.56 Å². The molecule has 0 saturated heterocycles. The molecule has 0 fully saturated rings. The number of benzene rings is 1. The van der Waals surface area contributed by atoms with Crippen molar-refractivity contribution < 1.29 is 13.2 Å². The summed E-state index contributed by atoms with van der Waals surface area (Å²) in [7, 11) is -3.01. The summed E-state index contributed by atoms with van der Waals surface area (Å²) in [5.41, 5.74) is 0.937. The van der Waals surface area contributed by atoms with Crippen LogP contribution in [-0.4, -0.2) is 38.5 Å². The first-order chi connectivity index (χ1) is 10.5. The van der Waals surface area contributed by atoms with Gasteiger partial charge < -0.3 is 10.6 Å². The molecule has 2 amide bonds. The van der Waals surface area contributed by atoms with Crippen LogP contribution in [-0.2, 0) is 15.3 Å². The van der Waals surface area contributed by atoms with E-state index in [2.05, 4.69) is 24.5 Å². The van der Waals surface area contributed by atoms with E-state index < -0.39 is 9.84 Å². The number of amides is 2. The minimum absolute atomic E-state index is 0.0690. The van der Waals surface area contributed by atoms with Crippen LogP contribution in [0.2, 0.25) is 0 Å². The van der Waals surface area contributed by atoms with Crippen LogP contribution in [0.3, 0.4) is 0 Å². The molecule has 0 aliphatic rings. The molecule has 0 heterocycles. The smallest absolute Gasteiger partial charge is 0.315 e. The van der Waals surface area contributed by atoms with Gasteiger partial charge in [0.1, 0.15) is 9.84 Å². The zero-order valence-electron chi connectivity index (χ0n) is 14.6. The van der Waals surface area contributed by atoms with Crippen LogP contribution < -0.4 is 10.6 Å². The number of urea groups is 1. The van der Waals surface area contributed by atoms with E-state index in [1.54, 1.807) is 6.92 Å². The molecule has 2 atom stereocenters. The molecule has 2 N–H and O–H groups in total. The fourth-order valence-corrected chi connectivity index (χ4v) is 3.00. The van der Waals surface area contributed by atoms with Gasteiger partial charge in [-0.2, -0.15) is 0 Å². The average molecular weight is 340 g/mol. The highest BCUT2D eigenvalue weighted by atomic mass is 32.2. The van der Waals surface area contributed by atoms with Crippen molar-refractivity contribution >= 4 is 15.9 Å². The minimum Gasteiger partial charge on any atom is -0.336 e. The fraction of sp³-hybridized carbons (Fsp3) is 0.588. The zero-order chi connectivity index (χ0) is 17.7. The maximum atomic E-state index is 12.1. The third-order valence-corrected chi connectivity index (χ3v) is 5.22. The Morgan fingerprint density at radius 2 is 1.70 bits per heavy atom. The quantitative estimate of drug-likeness (QED) is 0.801. The van der Waals surface area contributed by atoms with E-state index in [4.69, 9.17) is 0 Å². The largest absolute Gasteiger partial charge is 0.336 e. The van der Waals surface area contributed by atoms with Crippen molar-refractivity contribution in [2.45, 2.75) is 51.6 Å². The number of sulfone groups is 1. The lowest BCUT2D eigenvalue weighted by molar-refractivity contribution is 0.228. The van der Waals surface area contributed by atoms with Crippen molar-refractivity contribution in [3.63, 3.8) is 0 Å². The van der Waals surface area contributed by atoms with Crippen LogP contribution in [0.1, 0.15) is 39.7 Å². The SMILES string of the molecule is C[C@H](NC(=O)N[C@@H](C)CCS(C)(=O)=O)C(C)(C)c1ccccc1. The lowest BCUT2D eigenvalue weighted by atomic mass is 9.78. The molecule has 0 aromatic heterocycles. The monoisotopic (exact) mass is 340 g/mol. The summed E-state index contributed by atoms with van der Waals surface area (Å²) in [5, 5.41) is 5.74. The van der Waals surface area contributed by atoms with E-state index in [1.807, 2.05) is 37.3 Å². The lowest BCUT2D eigenvalue weighted by Gasteiger charge is -2.33. The Morgan fingerprint density at radius 1 is 1.13 bits per heavy atom. The van der Waals surface area contributed by atoms with Crippen LogP contribution in [0, 0.1) is 0 Å². The summed E-state index contributed by atoms with van der Waals surface area (Å²) in [6, 6.07) is 9.48. The number of carbonyl (C=O) groups is 1. The molecule has 1 aromatic rings. The normalized spacial score (nSPS) is 14.8.